The van der Waals surface area contributed by atoms with E-state index in [0.29, 0.717) is 35.8 Å². The molecule has 6 heteroatoms. The Hall–Kier alpha value is -2.73. The summed E-state index contributed by atoms with van der Waals surface area (Å²) in [6.07, 6.45) is 14.8. The molecule has 44 heavy (non-hydrogen) atoms. The number of nitrogens with zero attached hydrogens (tertiary/aromatic N) is 2. The Balaban J connectivity index is 1.14. The summed E-state index contributed by atoms with van der Waals surface area (Å²) >= 11 is 0. The molecule has 1 spiro atoms. The predicted octanol–water partition coefficient (Wildman–Crippen LogP) is 7.04. The van der Waals surface area contributed by atoms with Crippen molar-refractivity contribution >= 4 is 5.91 Å². The van der Waals surface area contributed by atoms with Crippen LogP contribution in [0.5, 0.6) is 17.2 Å². The van der Waals surface area contributed by atoms with Gasteiger partial charge in [0.2, 0.25) is 5.91 Å². The Morgan fingerprint density at radius 3 is 2.70 bits per heavy atom. The van der Waals surface area contributed by atoms with Gasteiger partial charge in [-0.2, -0.15) is 0 Å². The first kappa shape index (κ1) is 30.0. The van der Waals surface area contributed by atoms with Gasteiger partial charge in [-0.15, -0.1) is 0 Å². The summed E-state index contributed by atoms with van der Waals surface area (Å²) in [5.74, 6) is 3.48. The molecule has 238 valence electrons. The van der Waals surface area contributed by atoms with Gasteiger partial charge in [-0.05, 0) is 88.2 Å². The zero-order chi connectivity index (χ0) is 30.3. The van der Waals surface area contributed by atoms with Gasteiger partial charge in [0.15, 0.2) is 11.5 Å². The summed E-state index contributed by atoms with van der Waals surface area (Å²) in [5, 5.41) is 11.3. The first-order chi connectivity index (χ1) is 21.5. The first-order valence-electron chi connectivity index (χ1n) is 17.7. The Morgan fingerprint density at radius 2 is 1.93 bits per heavy atom. The molecule has 0 aromatic heterocycles. The number of likely N-dealkylation sites (tertiary alicyclic amines) is 1. The molecule has 1 amide bonds. The third-order valence-electron chi connectivity index (χ3n) is 11.8. The lowest BCUT2D eigenvalue weighted by atomic mass is 9.50. The van der Waals surface area contributed by atoms with Crippen LogP contribution in [0.15, 0.2) is 36.4 Å². The highest BCUT2D eigenvalue weighted by Crippen LogP contribution is 2.66. The number of unbranched alkanes of at least 4 members (excludes halogenated alkanes) is 4. The number of amides is 1. The molecule has 3 fully saturated rings. The summed E-state index contributed by atoms with van der Waals surface area (Å²) in [6, 6.07) is 12.9. The number of hydrogen-bond donors (Lipinski definition) is 1. The smallest absolute Gasteiger partial charge is 0.222 e. The monoisotopic (exact) mass is 600 g/mol. The van der Waals surface area contributed by atoms with E-state index >= 15 is 0 Å². The molecule has 1 N–H and O–H groups in total. The van der Waals surface area contributed by atoms with Gasteiger partial charge in [-0.25, -0.2) is 0 Å². The van der Waals surface area contributed by atoms with Crippen LogP contribution in [0.3, 0.4) is 0 Å². The summed E-state index contributed by atoms with van der Waals surface area (Å²) in [7, 11) is 1.68. The van der Waals surface area contributed by atoms with Crippen LogP contribution >= 0.6 is 0 Å². The van der Waals surface area contributed by atoms with Crippen molar-refractivity contribution in [3.05, 3.63) is 53.1 Å². The van der Waals surface area contributed by atoms with E-state index in [1.807, 2.05) is 0 Å². The van der Waals surface area contributed by atoms with Gasteiger partial charge in [0.1, 0.15) is 11.9 Å². The average molecular weight is 601 g/mol. The fraction of sp³-hybridized carbons (Fsp3) is 0.658. The second-order valence-electron chi connectivity index (χ2n) is 14.4. The van der Waals surface area contributed by atoms with Crippen LogP contribution in [0.2, 0.25) is 0 Å². The van der Waals surface area contributed by atoms with Crippen molar-refractivity contribution in [1.29, 1.82) is 0 Å². The van der Waals surface area contributed by atoms with Crippen molar-refractivity contribution in [1.82, 2.24) is 9.80 Å². The molecule has 2 aromatic rings. The molecule has 2 heterocycles. The molecule has 6 nitrogen and oxygen atoms in total. The maximum absolute atomic E-state index is 14.1. The Morgan fingerprint density at radius 1 is 1.09 bits per heavy atom. The number of ether oxygens (including phenoxy) is 2. The van der Waals surface area contributed by atoms with Crippen LogP contribution in [0, 0.1) is 11.8 Å². The van der Waals surface area contributed by atoms with E-state index in [-0.39, 0.29) is 17.6 Å². The van der Waals surface area contributed by atoms with E-state index in [1.165, 1.54) is 30.5 Å². The number of piperidine rings is 1. The van der Waals surface area contributed by atoms with Crippen LogP contribution in [-0.2, 0) is 23.1 Å². The van der Waals surface area contributed by atoms with Crippen molar-refractivity contribution in [2.45, 2.75) is 120 Å². The molecule has 7 rings (SSSR count). The Kier molecular flexibility index (Phi) is 8.56. The molecule has 2 saturated carbocycles. The molecule has 5 aliphatic rings. The van der Waals surface area contributed by atoms with Gasteiger partial charge in [0.05, 0.1) is 13.2 Å². The van der Waals surface area contributed by atoms with E-state index in [4.69, 9.17) is 9.47 Å². The maximum Gasteiger partial charge on any atom is 0.222 e. The summed E-state index contributed by atoms with van der Waals surface area (Å²) in [4.78, 5) is 19.1. The standard InChI is InChI=1S/C38H52N2O4/c1-3-4-11-21-40(34(42)15-10-6-9-14-26-12-7-5-8-13-26)30-19-18-29-31-23-28-32(41)24-33(43-2)36-35(28)38(29,37(30)44-36)20-22-39(31)25-27-16-17-27/h5,7-8,12-13,24,27,29-31,37,41H,3-4,6,9-11,14-23,25H2,1-2H3/t29-,30+,31+,37-,38-/m0/s1. The van der Waals surface area contributed by atoms with E-state index in [0.717, 1.165) is 101 Å². The summed E-state index contributed by atoms with van der Waals surface area (Å²) in [6.45, 7) is 5.31. The van der Waals surface area contributed by atoms with Crippen LogP contribution in [0.25, 0.3) is 0 Å². The molecular formula is C38H52N2O4. The number of carbonyl (C=O) groups is 1. The summed E-state index contributed by atoms with van der Waals surface area (Å²) in [5.41, 5.74) is 3.51. The number of rotatable bonds is 14. The predicted molar refractivity (Wildman–Crippen MR) is 174 cm³/mol. The quantitative estimate of drug-likeness (QED) is 0.236. The average Bonchev–Trinajstić information content (AvgIpc) is 3.80. The van der Waals surface area contributed by atoms with Gasteiger partial charge in [-0.3, -0.25) is 9.69 Å². The normalized spacial score (nSPS) is 28.3. The number of aryl methyl sites for hydroxylation is 1. The zero-order valence-electron chi connectivity index (χ0n) is 26.9. The van der Waals surface area contributed by atoms with Crippen LogP contribution in [-0.4, -0.2) is 65.7 Å². The second kappa shape index (κ2) is 12.6. The number of hydrogen-bond acceptors (Lipinski definition) is 5. The molecular weight excluding hydrogens is 548 g/mol. The van der Waals surface area contributed by atoms with Crippen molar-refractivity contribution < 1.29 is 19.4 Å². The van der Waals surface area contributed by atoms with E-state index in [1.54, 1.807) is 13.2 Å². The summed E-state index contributed by atoms with van der Waals surface area (Å²) < 4.78 is 12.9. The minimum Gasteiger partial charge on any atom is -0.508 e. The van der Waals surface area contributed by atoms with Gasteiger partial charge >= 0.3 is 0 Å². The number of phenolic OH excluding ortho intramolecular Hbond substituents is 1. The molecule has 2 bridgehead atoms. The fourth-order valence-electron chi connectivity index (χ4n) is 9.56. The lowest BCUT2D eigenvalue weighted by Crippen LogP contribution is -2.69. The number of methoxy groups -OCH3 is 1. The van der Waals surface area contributed by atoms with Crippen molar-refractivity contribution in [2.75, 3.05) is 26.7 Å². The van der Waals surface area contributed by atoms with Gasteiger partial charge < -0.3 is 19.5 Å². The number of benzene rings is 2. The maximum atomic E-state index is 14.1. The van der Waals surface area contributed by atoms with Crippen molar-refractivity contribution in [3.8, 4) is 17.2 Å². The molecule has 2 aromatic carbocycles. The molecule has 1 saturated heterocycles. The van der Waals surface area contributed by atoms with Gasteiger partial charge in [0.25, 0.3) is 0 Å². The van der Waals surface area contributed by atoms with Crippen LogP contribution in [0.1, 0.15) is 101 Å². The Bertz CT molecular complexity index is 1330. The topological polar surface area (TPSA) is 62.2 Å². The van der Waals surface area contributed by atoms with Crippen LogP contribution in [0.4, 0.5) is 0 Å². The zero-order valence-corrected chi connectivity index (χ0v) is 26.9. The largest absolute Gasteiger partial charge is 0.508 e. The van der Waals surface area contributed by atoms with Crippen molar-refractivity contribution in [3.63, 3.8) is 0 Å². The first-order valence-corrected chi connectivity index (χ1v) is 17.7. The molecule has 5 atom stereocenters. The Labute approximate surface area is 264 Å². The van der Waals surface area contributed by atoms with E-state index in [2.05, 4.69) is 47.1 Å². The fourth-order valence-corrected chi connectivity index (χ4v) is 9.56. The van der Waals surface area contributed by atoms with E-state index in [9.17, 15) is 9.90 Å². The number of aromatic hydroxyl groups is 1. The highest BCUT2D eigenvalue weighted by Gasteiger charge is 2.67. The highest BCUT2D eigenvalue weighted by atomic mass is 16.5. The lowest BCUT2D eigenvalue weighted by molar-refractivity contribution is -0.143. The van der Waals surface area contributed by atoms with Crippen molar-refractivity contribution in [2.24, 2.45) is 11.8 Å². The third-order valence-corrected chi connectivity index (χ3v) is 11.8. The molecule has 0 unspecified atom stereocenters. The molecule has 0 radical (unpaired) electrons. The SMILES string of the molecule is CCCCCN(C(=O)CCCCCc1ccccc1)[C@@H]1CC[C@H]2[C@H]3Cc4c(O)cc(OC)c5c4[C@@]2(CCN3CC2CC2)[C@H]1O5. The second-order valence-corrected chi connectivity index (χ2v) is 14.4. The lowest BCUT2D eigenvalue weighted by Gasteiger charge is -2.60. The minimum atomic E-state index is -0.165. The minimum absolute atomic E-state index is 0.0563. The third kappa shape index (κ3) is 5.29. The van der Waals surface area contributed by atoms with Gasteiger partial charge in [-0.1, -0.05) is 56.5 Å². The number of carbonyl (C=O) groups excluding carboxylic acids is 1. The van der Waals surface area contributed by atoms with Crippen LogP contribution < -0.4 is 9.47 Å². The molecule has 3 aliphatic carbocycles. The highest BCUT2D eigenvalue weighted by molar-refractivity contribution is 5.77. The van der Waals surface area contributed by atoms with Gasteiger partial charge in [0, 0.05) is 48.2 Å². The van der Waals surface area contributed by atoms with E-state index < -0.39 is 0 Å². The number of phenols is 1. The molecule has 2 aliphatic heterocycles.